The van der Waals surface area contributed by atoms with Crippen LogP contribution in [0, 0.1) is 5.41 Å². The van der Waals surface area contributed by atoms with Gasteiger partial charge < -0.3 is 30.6 Å². The highest BCUT2D eigenvalue weighted by atomic mass is 16.4. The number of carboxylic acids is 3. The fourth-order valence-electron chi connectivity index (χ4n) is 4.41. The average molecular weight is 621 g/mol. The predicted octanol–water partition coefficient (Wildman–Crippen LogP) is 7.97. The molecule has 0 aromatic carbocycles. The van der Waals surface area contributed by atoms with Crippen LogP contribution in [0.3, 0.4) is 0 Å². The first-order chi connectivity index (χ1) is 20.6. The summed E-state index contributed by atoms with van der Waals surface area (Å²) >= 11 is 0. The summed E-state index contributed by atoms with van der Waals surface area (Å²) in [5.74, 6) is -2.80. The van der Waals surface area contributed by atoms with Gasteiger partial charge in [-0.2, -0.15) is 0 Å². The Kier molecular flexibility index (Phi) is 38.8. The van der Waals surface area contributed by atoms with Crippen LogP contribution in [0.15, 0.2) is 0 Å². The second kappa shape index (κ2) is 36.5. The van der Waals surface area contributed by atoms with Gasteiger partial charge in [-0.05, 0) is 12.8 Å². The Morgan fingerprint density at radius 1 is 0.395 bits per heavy atom. The van der Waals surface area contributed by atoms with Crippen molar-refractivity contribution in [3.05, 3.63) is 0 Å². The third-order valence-electron chi connectivity index (χ3n) is 7.80. The molecule has 0 aromatic rings. The Bertz CT molecular complexity index is 575. The first kappa shape index (κ1) is 45.7. The van der Waals surface area contributed by atoms with Crippen LogP contribution in [-0.4, -0.2) is 68.4 Å². The van der Waals surface area contributed by atoms with Crippen molar-refractivity contribution in [2.75, 3.05) is 19.8 Å². The van der Waals surface area contributed by atoms with Gasteiger partial charge in [0.05, 0.1) is 32.7 Å². The number of aliphatic carboxylic acids is 3. The van der Waals surface area contributed by atoms with Crippen LogP contribution < -0.4 is 0 Å². The molecule has 0 aliphatic heterocycles. The Morgan fingerprint density at radius 3 is 0.791 bits per heavy atom. The summed E-state index contributed by atoms with van der Waals surface area (Å²) in [4.78, 5) is 29.7. The van der Waals surface area contributed by atoms with Gasteiger partial charge in [0.1, 0.15) is 0 Å². The van der Waals surface area contributed by atoms with E-state index in [1.165, 1.54) is 122 Å². The van der Waals surface area contributed by atoms with E-state index in [0.29, 0.717) is 12.8 Å². The van der Waals surface area contributed by atoms with E-state index in [4.69, 9.17) is 30.6 Å². The van der Waals surface area contributed by atoms with Gasteiger partial charge in [-0.3, -0.25) is 14.4 Å². The molecule has 0 aliphatic carbocycles. The van der Waals surface area contributed by atoms with Crippen LogP contribution in [0.1, 0.15) is 174 Å². The summed E-state index contributed by atoms with van der Waals surface area (Å²) in [6, 6.07) is 0. The van der Waals surface area contributed by atoms with E-state index in [2.05, 4.69) is 6.92 Å². The molecule has 0 aromatic heterocycles. The molecule has 0 heterocycles. The smallest absolute Gasteiger partial charge is 0.303 e. The van der Waals surface area contributed by atoms with Crippen LogP contribution in [0.2, 0.25) is 0 Å². The zero-order valence-corrected chi connectivity index (χ0v) is 27.7. The number of aliphatic hydroxyl groups is 3. The van der Waals surface area contributed by atoms with Crippen LogP contribution in [-0.2, 0) is 14.4 Å². The monoisotopic (exact) mass is 620 g/mol. The Balaban J connectivity index is -0.000000762. The predicted molar refractivity (Wildman–Crippen MR) is 173 cm³/mol. The van der Waals surface area contributed by atoms with Gasteiger partial charge in [-0.25, -0.2) is 0 Å². The number of hydrogen-bond acceptors (Lipinski definition) is 6. The van der Waals surface area contributed by atoms with Gasteiger partial charge in [-0.1, -0.05) is 142 Å². The lowest BCUT2D eigenvalue weighted by atomic mass is 9.88. The number of hydrogen-bond donors (Lipinski definition) is 6. The number of carboxylic acid groups (broad SMARTS) is 3. The first-order valence-corrected chi connectivity index (χ1v) is 17.1. The second-order valence-corrected chi connectivity index (χ2v) is 11.8. The number of unbranched alkanes of at least 4 members (excludes halogenated alkanes) is 20. The largest absolute Gasteiger partial charge is 0.481 e. The summed E-state index contributed by atoms with van der Waals surface area (Å²) < 4.78 is 0. The lowest BCUT2D eigenvalue weighted by Gasteiger charge is -2.24. The molecule has 9 heteroatoms. The maximum Gasteiger partial charge on any atom is 0.303 e. The molecule has 0 fully saturated rings. The van der Waals surface area contributed by atoms with Crippen molar-refractivity contribution in [1.29, 1.82) is 0 Å². The van der Waals surface area contributed by atoms with Crippen LogP contribution >= 0.6 is 0 Å². The van der Waals surface area contributed by atoms with Crippen LogP contribution in [0.4, 0.5) is 0 Å². The molecule has 43 heavy (non-hydrogen) atoms. The van der Waals surface area contributed by atoms with Gasteiger partial charge in [0.25, 0.3) is 0 Å². The standard InChI is InChI=1S/C24H48O2.C6H14O3.C4H6O4/c1-2-3-4-5-6-7-8-9-10-11-12-13-14-15-16-17-18-19-20-21-22-23-24(25)26;1-2-6(3-7,4-8)5-9;5-3(6)1-2-4(7)8/h2-23H2,1H3,(H,25,26);7-9H,2-5H2,1H3;1-2H2,(H,5,6)(H,7,8). The molecule has 0 unspecified atom stereocenters. The second-order valence-electron chi connectivity index (χ2n) is 11.8. The van der Waals surface area contributed by atoms with Crippen molar-refractivity contribution in [3.63, 3.8) is 0 Å². The average Bonchev–Trinajstić information content (AvgIpc) is 2.99. The van der Waals surface area contributed by atoms with Crippen LogP contribution in [0.5, 0.6) is 0 Å². The molecule has 0 saturated carbocycles. The van der Waals surface area contributed by atoms with E-state index in [1.807, 2.05) is 6.92 Å². The maximum atomic E-state index is 10.4. The molecule has 0 saturated heterocycles. The minimum absolute atomic E-state index is 0.156. The van der Waals surface area contributed by atoms with Crippen molar-refractivity contribution in [3.8, 4) is 0 Å². The fraction of sp³-hybridized carbons (Fsp3) is 0.912. The molecule has 258 valence electrons. The molecule has 6 N–H and O–H groups in total. The highest BCUT2D eigenvalue weighted by Crippen LogP contribution is 2.18. The minimum Gasteiger partial charge on any atom is -0.481 e. The summed E-state index contributed by atoms with van der Waals surface area (Å²) in [5, 5.41) is 50.3. The minimum atomic E-state index is -1.08. The van der Waals surface area contributed by atoms with E-state index in [9.17, 15) is 14.4 Å². The Morgan fingerprint density at radius 2 is 0.628 bits per heavy atom. The van der Waals surface area contributed by atoms with E-state index in [1.54, 1.807) is 0 Å². The fourth-order valence-corrected chi connectivity index (χ4v) is 4.41. The molecule has 9 nitrogen and oxygen atoms in total. The van der Waals surface area contributed by atoms with Gasteiger partial charge in [-0.15, -0.1) is 0 Å². The van der Waals surface area contributed by atoms with E-state index in [-0.39, 0.29) is 32.7 Å². The van der Waals surface area contributed by atoms with Crippen LogP contribution in [0.25, 0.3) is 0 Å². The van der Waals surface area contributed by atoms with Crippen molar-refractivity contribution in [1.82, 2.24) is 0 Å². The maximum absolute atomic E-state index is 10.4. The summed E-state index contributed by atoms with van der Waals surface area (Å²) in [5.41, 5.74) is -0.667. The van der Waals surface area contributed by atoms with Crippen molar-refractivity contribution in [2.24, 2.45) is 5.41 Å². The molecule has 0 bridgehead atoms. The molecule has 0 spiro atoms. The molecule has 0 amide bonds. The number of aliphatic hydroxyl groups excluding tert-OH is 3. The SMILES string of the molecule is CCC(CO)(CO)CO.CCCCCCCCCCCCCCCCCCCCCCCC(=O)O.O=C(O)CCC(=O)O. The zero-order chi connectivity index (χ0) is 33.0. The third kappa shape index (κ3) is 40.3. The third-order valence-corrected chi connectivity index (χ3v) is 7.80. The molecule has 0 rings (SSSR count). The van der Waals surface area contributed by atoms with Crippen molar-refractivity contribution < 1.29 is 45.0 Å². The quantitative estimate of drug-likeness (QED) is 0.0453. The first-order valence-electron chi connectivity index (χ1n) is 17.1. The van der Waals surface area contributed by atoms with E-state index in [0.717, 1.165) is 12.8 Å². The molecule has 0 atom stereocenters. The zero-order valence-electron chi connectivity index (χ0n) is 27.7. The molecular formula is C34H68O9. The summed E-state index contributed by atoms with van der Waals surface area (Å²) in [6.45, 7) is 3.64. The molecule has 0 aliphatic rings. The number of carbonyl (C=O) groups is 3. The lowest BCUT2D eigenvalue weighted by Crippen LogP contribution is -2.32. The van der Waals surface area contributed by atoms with Crippen molar-refractivity contribution in [2.45, 2.75) is 174 Å². The highest BCUT2D eigenvalue weighted by molar-refractivity contribution is 5.75. The number of rotatable bonds is 29. The Hall–Kier alpha value is -1.71. The van der Waals surface area contributed by atoms with E-state index < -0.39 is 23.3 Å². The molecular weight excluding hydrogens is 552 g/mol. The van der Waals surface area contributed by atoms with Gasteiger partial charge in [0.2, 0.25) is 0 Å². The molecule has 0 radical (unpaired) electrons. The Labute approximate surface area is 262 Å². The summed E-state index contributed by atoms with van der Waals surface area (Å²) in [6.07, 6.45) is 29.1. The normalized spacial score (nSPS) is 10.8. The van der Waals surface area contributed by atoms with Crippen molar-refractivity contribution >= 4 is 17.9 Å². The van der Waals surface area contributed by atoms with Gasteiger partial charge in [0, 0.05) is 11.8 Å². The van der Waals surface area contributed by atoms with E-state index >= 15 is 0 Å². The highest BCUT2D eigenvalue weighted by Gasteiger charge is 2.24. The van der Waals surface area contributed by atoms with Gasteiger partial charge >= 0.3 is 17.9 Å². The lowest BCUT2D eigenvalue weighted by molar-refractivity contribution is -0.143. The van der Waals surface area contributed by atoms with Gasteiger partial charge in [0.15, 0.2) is 0 Å². The topological polar surface area (TPSA) is 173 Å². The summed E-state index contributed by atoms with van der Waals surface area (Å²) in [7, 11) is 0.